The molecule has 1 aromatic rings. The molecule has 0 saturated carbocycles. The number of nitrogens with one attached hydrogen (secondary N) is 1. The van der Waals surface area contributed by atoms with Crippen molar-refractivity contribution in [3.63, 3.8) is 0 Å². The number of nitrogens with zero attached hydrogens (tertiary/aromatic N) is 1. The Morgan fingerprint density at radius 3 is 2.58 bits per heavy atom. The lowest BCUT2D eigenvalue weighted by Gasteiger charge is -2.30. The Bertz CT molecular complexity index is 524. The predicted molar refractivity (Wildman–Crippen MR) is 74.8 cm³/mol. The summed E-state index contributed by atoms with van der Waals surface area (Å²) in [7, 11) is -3.63. The van der Waals surface area contributed by atoms with Gasteiger partial charge < -0.3 is 0 Å². The zero-order chi connectivity index (χ0) is 13.9. The van der Waals surface area contributed by atoms with Gasteiger partial charge in [0.2, 0.25) is 10.0 Å². The number of piperidine rings is 1. The minimum atomic E-state index is -3.63. The van der Waals surface area contributed by atoms with Crippen molar-refractivity contribution in [3.8, 4) is 0 Å². The maximum absolute atomic E-state index is 11.3. The molecule has 1 aliphatic heterocycles. The number of primary sulfonamides is 1. The first kappa shape index (κ1) is 14.5. The fraction of sp³-hybridized carbons (Fsp3) is 0.538. The zero-order valence-electron chi connectivity index (χ0n) is 11.2. The zero-order valence-corrected chi connectivity index (χ0v) is 12.0. The normalized spacial score (nSPS) is 19.3. The molecule has 6 heteroatoms. The van der Waals surface area contributed by atoms with Crippen LogP contribution in [0.25, 0.3) is 0 Å². The van der Waals surface area contributed by atoms with Gasteiger partial charge in [0.05, 0.1) is 4.90 Å². The van der Waals surface area contributed by atoms with E-state index in [4.69, 9.17) is 5.14 Å². The molecule has 0 aromatic heterocycles. The molecular formula is C13H21N3O2S. The van der Waals surface area contributed by atoms with E-state index < -0.39 is 10.0 Å². The molecule has 1 atom stereocenters. The van der Waals surface area contributed by atoms with Gasteiger partial charge in [-0.3, -0.25) is 0 Å². The van der Waals surface area contributed by atoms with E-state index >= 15 is 0 Å². The van der Waals surface area contributed by atoms with Crippen LogP contribution in [-0.4, -0.2) is 26.5 Å². The quantitative estimate of drug-likeness (QED) is 0.875. The van der Waals surface area contributed by atoms with E-state index in [2.05, 4.69) is 10.4 Å². The van der Waals surface area contributed by atoms with Gasteiger partial charge in [0.15, 0.2) is 0 Å². The van der Waals surface area contributed by atoms with E-state index in [0.717, 1.165) is 18.7 Å². The smallest absolute Gasteiger partial charge is 0.238 e. The molecule has 0 aliphatic carbocycles. The van der Waals surface area contributed by atoms with Gasteiger partial charge in [0, 0.05) is 19.1 Å². The number of hydrazine groups is 1. The van der Waals surface area contributed by atoms with Gasteiger partial charge in [0.25, 0.3) is 0 Å². The van der Waals surface area contributed by atoms with Gasteiger partial charge in [0.1, 0.15) is 0 Å². The second kappa shape index (κ2) is 6.00. The molecule has 2 rings (SSSR count). The summed E-state index contributed by atoms with van der Waals surface area (Å²) in [4.78, 5) is 0.164. The third kappa shape index (κ3) is 4.01. The first-order valence-electron chi connectivity index (χ1n) is 6.61. The molecule has 1 aliphatic rings. The lowest BCUT2D eigenvalue weighted by molar-refractivity contribution is 0.133. The van der Waals surface area contributed by atoms with Crippen molar-refractivity contribution in [1.29, 1.82) is 0 Å². The van der Waals surface area contributed by atoms with Gasteiger partial charge in [-0.2, -0.15) is 0 Å². The van der Waals surface area contributed by atoms with Crippen LogP contribution >= 0.6 is 0 Å². The molecule has 1 heterocycles. The highest BCUT2D eigenvalue weighted by Crippen LogP contribution is 2.18. The van der Waals surface area contributed by atoms with E-state index in [1.807, 2.05) is 13.0 Å². The minimum Gasteiger partial charge on any atom is -0.248 e. The lowest BCUT2D eigenvalue weighted by atomic mass is 10.1. The Labute approximate surface area is 114 Å². The SMILES string of the molecule is CC(NN1CCCCC1)c1cccc(S(N)(=O)=O)c1. The maximum Gasteiger partial charge on any atom is 0.238 e. The molecule has 1 aromatic carbocycles. The highest BCUT2D eigenvalue weighted by molar-refractivity contribution is 7.89. The summed E-state index contributed by atoms with van der Waals surface area (Å²) < 4.78 is 22.7. The number of sulfonamides is 1. The lowest BCUT2D eigenvalue weighted by Crippen LogP contribution is -2.42. The summed E-state index contributed by atoms with van der Waals surface area (Å²) in [6.45, 7) is 4.11. The molecule has 1 unspecified atom stereocenters. The van der Waals surface area contributed by atoms with Crippen molar-refractivity contribution in [2.24, 2.45) is 5.14 Å². The number of nitrogens with two attached hydrogens (primary N) is 1. The van der Waals surface area contributed by atoms with Crippen LogP contribution in [0.4, 0.5) is 0 Å². The highest BCUT2D eigenvalue weighted by Gasteiger charge is 2.15. The van der Waals surface area contributed by atoms with Crippen LogP contribution in [0.1, 0.15) is 37.8 Å². The van der Waals surface area contributed by atoms with Crippen molar-refractivity contribution < 1.29 is 8.42 Å². The largest absolute Gasteiger partial charge is 0.248 e. The molecule has 1 saturated heterocycles. The molecule has 106 valence electrons. The average molecular weight is 283 g/mol. The number of rotatable bonds is 4. The number of hydrogen-bond acceptors (Lipinski definition) is 4. The second-order valence-electron chi connectivity index (χ2n) is 5.02. The van der Waals surface area contributed by atoms with Crippen LogP contribution in [0.3, 0.4) is 0 Å². The Morgan fingerprint density at radius 2 is 1.95 bits per heavy atom. The van der Waals surface area contributed by atoms with E-state index in [1.54, 1.807) is 12.1 Å². The fourth-order valence-electron chi connectivity index (χ4n) is 2.33. The molecule has 0 bridgehead atoms. The number of hydrogen-bond donors (Lipinski definition) is 2. The first-order valence-corrected chi connectivity index (χ1v) is 8.15. The average Bonchev–Trinajstić information content (AvgIpc) is 2.39. The molecule has 5 nitrogen and oxygen atoms in total. The molecule has 0 amide bonds. The van der Waals surface area contributed by atoms with Gasteiger partial charge in [-0.1, -0.05) is 18.6 Å². The minimum absolute atomic E-state index is 0.0693. The van der Waals surface area contributed by atoms with E-state index in [-0.39, 0.29) is 10.9 Å². The topological polar surface area (TPSA) is 75.4 Å². The van der Waals surface area contributed by atoms with Crippen molar-refractivity contribution in [1.82, 2.24) is 10.4 Å². The third-order valence-electron chi connectivity index (χ3n) is 3.42. The first-order chi connectivity index (χ1) is 8.97. The molecule has 3 N–H and O–H groups in total. The van der Waals surface area contributed by atoms with Gasteiger partial charge in [-0.05, 0) is 37.5 Å². The molecule has 1 fully saturated rings. The Kier molecular flexibility index (Phi) is 4.57. The van der Waals surface area contributed by atoms with Crippen LogP contribution in [0, 0.1) is 0 Å². The van der Waals surface area contributed by atoms with Crippen LogP contribution in [0.5, 0.6) is 0 Å². The van der Waals surface area contributed by atoms with Gasteiger partial charge in [-0.15, -0.1) is 0 Å². The van der Waals surface area contributed by atoms with E-state index in [1.165, 1.54) is 25.3 Å². The Balaban J connectivity index is 2.08. The van der Waals surface area contributed by atoms with Crippen molar-refractivity contribution in [2.75, 3.05) is 13.1 Å². The third-order valence-corrected chi connectivity index (χ3v) is 4.33. The van der Waals surface area contributed by atoms with E-state index in [0.29, 0.717) is 0 Å². The molecule has 0 radical (unpaired) electrons. The maximum atomic E-state index is 11.3. The van der Waals surface area contributed by atoms with E-state index in [9.17, 15) is 8.42 Å². The predicted octanol–water partition coefficient (Wildman–Crippen LogP) is 1.39. The fourth-order valence-corrected chi connectivity index (χ4v) is 2.90. The van der Waals surface area contributed by atoms with Gasteiger partial charge in [-0.25, -0.2) is 24.0 Å². The standard InChI is InChI=1S/C13H21N3O2S/c1-11(15-16-8-3-2-4-9-16)12-6-5-7-13(10-12)19(14,17)18/h5-7,10-11,15H,2-4,8-9H2,1H3,(H2,14,17,18). The summed E-state index contributed by atoms with van der Waals surface area (Å²) >= 11 is 0. The van der Waals surface area contributed by atoms with Crippen LogP contribution < -0.4 is 10.6 Å². The molecule has 0 spiro atoms. The van der Waals surface area contributed by atoms with Crippen LogP contribution in [0.15, 0.2) is 29.2 Å². The van der Waals surface area contributed by atoms with Crippen LogP contribution in [-0.2, 0) is 10.0 Å². The summed E-state index contributed by atoms with van der Waals surface area (Å²) in [6.07, 6.45) is 3.70. The van der Waals surface area contributed by atoms with Crippen molar-refractivity contribution in [3.05, 3.63) is 29.8 Å². The Morgan fingerprint density at radius 1 is 1.26 bits per heavy atom. The van der Waals surface area contributed by atoms with Crippen molar-refractivity contribution in [2.45, 2.75) is 37.1 Å². The highest BCUT2D eigenvalue weighted by atomic mass is 32.2. The van der Waals surface area contributed by atoms with Crippen LogP contribution in [0.2, 0.25) is 0 Å². The monoisotopic (exact) mass is 283 g/mol. The second-order valence-corrected chi connectivity index (χ2v) is 6.58. The summed E-state index contributed by atoms with van der Waals surface area (Å²) in [5.41, 5.74) is 4.34. The summed E-state index contributed by atoms with van der Waals surface area (Å²) in [6, 6.07) is 6.86. The summed E-state index contributed by atoms with van der Waals surface area (Å²) in [5, 5.41) is 7.36. The molecular weight excluding hydrogens is 262 g/mol. The number of benzene rings is 1. The summed E-state index contributed by atoms with van der Waals surface area (Å²) in [5.74, 6) is 0. The van der Waals surface area contributed by atoms with Gasteiger partial charge >= 0.3 is 0 Å². The van der Waals surface area contributed by atoms with Crippen molar-refractivity contribution >= 4 is 10.0 Å². The molecule has 19 heavy (non-hydrogen) atoms. The Hall–Kier alpha value is -0.950.